The van der Waals surface area contributed by atoms with Crippen molar-refractivity contribution in [3.8, 4) is 0 Å². The van der Waals surface area contributed by atoms with Crippen molar-refractivity contribution in [1.82, 2.24) is 4.57 Å². The Hall–Kier alpha value is -3.01. The number of sulfonamides is 1. The fourth-order valence-corrected chi connectivity index (χ4v) is 3.95. The molecule has 3 aromatic rings. The van der Waals surface area contributed by atoms with Gasteiger partial charge in [-0.05, 0) is 35.7 Å². The minimum absolute atomic E-state index is 0.0183. The van der Waals surface area contributed by atoms with Gasteiger partial charge in [0.25, 0.3) is 10.0 Å². The van der Waals surface area contributed by atoms with Crippen molar-refractivity contribution in [3.05, 3.63) is 60.3 Å². The van der Waals surface area contributed by atoms with Gasteiger partial charge in [-0.1, -0.05) is 18.2 Å². The highest BCUT2D eigenvalue weighted by Crippen LogP contribution is 2.34. The van der Waals surface area contributed by atoms with E-state index < -0.39 is 32.6 Å². The van der Waals surface area contributed by atoms with Gasteiger partial charge in [0.2, 0.25) is 0 Å². The molecular formula is C17H13F3N2O4S. The molecule has 2 aromatic carbocycles. The van der Waals surface area contributed by atoms with Crippen LogP contribution in [0.1, 0.15) is 5.56 Å². The molecule has 10 heteroatoms. The van der Waals surface area contributed by atoms with Crippen LogP contribution in [-0.4, -0.2) is 24.1 Å². The highest BCUT2D eigenvalue weighted by Gasteiger charge is 2.36. The molecule has 142 valence electrons. The first kappa shape index (κ1) is 18.8. The maximum atomic E-state index is 13.1. The molecular weight excluding hydrogens is 385 g/mol. The van der Waals surface area contributed by atoms with Crippen LogP contribution in [0.5, 0.6) is 0 Å². The normalized spacial score (nSPS) is 12.3. The van der Waals surface area contributed by atoms with Crippen molar-refractivity contribution in [2.24, 2.45) is 0 Å². The van der Waals surface area contributed by atoms with E-state index in [0.717, 1.165) is 12.1 Å². The molecule has 0 unspecified atom stereocenters. The van der Waals surface area contributed by atoms with Crippen LogP contribution in [-0.2, 0) is 27.5 Å². The SMILES string of the molecule is O=C(O)Cn1ccc2ccc(NS(=O)(=O)c3ccccc3C(F)(F)F)cc21. The number of aromatic nitrogens is 1. The number of benzene rings is 2. The minimum atomic E-state index is -4.83. The van der Waals surface area contributed by atoms with Gasteiger partial charge in [-0.3, -0.25) is 9.52 Å². The molecule has 27 heavy (non-hydrogen) atoms. The summed E-state index contributed by atoms with van der Waals surface area (Å²) in [6.07, 6.45) is -3.30. The van der Waals surface area contributed by atoms with Gasteiger partial charge in [0.1, 0.15) is 6.54 Å². The van der Waals surface area contributed by atoms with Crippen molar-refractivity contribution < 1.29 is 31.5 Å². The number of nitrogens with zero attached hydrogens (tertiary/aromatic N) is 1. The van der Waals surface area contributed by atoms with Crippen molar-refractivity contribution in [2.75, 3.05) is 4.72 Å². The van der Waals surface area contributed by atoms with Crippen LogP contribution in [0.3, 0.4) is 0 Å². The van der Waals surface area contributed by atoms with Crippen LogP contribution in [0.25, 0.3) is 10.9 Å². The number of carboxylic acid groups (broad SMARTS) is 1. The monoisotopic (exact) mass is 398 g/mol. The Balaban J connectivity index is 2.01. The maximum absolute atomic E-state index is 13.1. The lowest BCUT2D eigenvalue weighted by Crippen LogP contribution is -2.18. The first-order valence-corrected chi connectivity index (χ1v) is 9.06. The van der Waals surface area contributed by atoms with Gasteiger partial charge in [-0.25, -0.2) is 8.42 Å². The fraction of sp³-hybridized carbons (Fsp3) is 0.118. The minimum Gasteiger partial charge on any atom is -0.480 e. The molecule has 0 fully saturated rings. The number of hydrogen-bond acceptors (Lipinski definition) is 3. The summed E-state index contributed by atoms with van der Waals surface area (Å²) in [5, 5.41) is 9.58. The number of fused-ring (bicyclic) bond motifs is 1. The number of halogens is 3. The second-order valence-corrected chi connectivity index (χ2v) is 7.36. The third kappa shape index (κ3) is 3.90. The maximum Gasteiger partial charge on any atom is 0.417 e. The van der Waals surface area contributed by atoms with Crippen molar-refractivity contribution in [3.63, 3.8) is 0 Å². The summed E-state index contributed by atoms with van der Waals surface area (Å²) in [5.74, 6) is -1.09. The number of aliphatic carboxylic acids is 1. The highest BCUT2D eigenvalue weighted by atomic mass is 32.2. The molecule has 0 bridgehead atoms. The lowest BCUT2D eigenvalue weighted by Gasteiger charge is -2.14. The van der Waals surface area contributed by atoms with Crippen LogP contribution < -0.4 is 4.72 Å². The van der Waals surface area contributed by atoms with Crippen LogP contribution >= 0.6 is 0 Å². The number of carbonyl (C=O) groups is 1. The van der Waals surface area contributed by atoms with Gasteiger partial charge in [0.05, 0.1) is 21.7 Å². The van der Waals surface area contributed by atoms with E-state index >= 15 is 0 Å². The zero-order valence-corrected chi connectivity index (χ0v) is 14.4. The molecule has 0 saturated carbocycles. The Bertz CT molecular complexity index is 1120. The summed E-state index contributed by atoms with van der Waals surface area (Å²) in [5.41, 5.74) is -0.820. The van der Waals surface area contributed by atoms with Crippen molar-refractivity contribution in [2.45, 2.75) is 17.6 Å². The Kier molecular flexibility index (Phi) is 4.60. The largest absolute Gasteiger partial charge is 0.480 e. The quantitative estimate of drug-likeness (QED) is 0.688. The first-order chi connectivity index (χ1) is 12.6. The predicted molar refractivity (Wildman–Crippen MR) is 91.8 cm³/mol. The Morgan fingerprint density at radius 3 is 2.48 bits per heavy atom. The molecule has 0 saturated heterocycles. The number of rotatable bonds is 5. The molecule has 0 atom stereocenters. The molecule has 6 nitrogen and oxygen atoms in total. The first-order valence-electron chi connectivity index (χ1n) is 7.58. The van der Waals surface area contributed by atoms with Gasteiger partial charge in [-0.2, -0.15) is 13.2 Å². The predicted octanol–water partition coefficient (Wildman–Crippen LogP) is 3.55. The van der Waals surface area contributed by atoms with Crippen LogP contribution in [0.15, 0.2) is 59.6 Å². The van der Waals surface area contributed by atoms with E-state index in [1.165, 1.54) is 29.0 Å². The third-order valence-corrected chi connectivity index (χ3v) is 5.25. The van der Waals surface area contributed by atoms with E-state index in [1.54, 1.807) is 12.1 Å². The molecule has 2 N–H and O–H groups in total. The Labute approximate surface area is 151 Å². The molecule has 0 aliphatic carbocycles. The fourth-order valence-electron chi connectivity index (χ4n) is 2.68. The summed E-state index contributed by atoms with van der Waals surface area (Å²) < 4.78 is 67.8. The topological polar surface area (TPSA) is 88.4 Å². The van der Waals surface area contributed by atoms with Crippen LogP contribution in [0.2, 0.25) is 0 Å². The highest BCUT2D eigenvalue weighted by molar-refractivity contribution is 7.92. The molecule has 0 aliphatic rings. The number of hydrogen-bond donors (Lipinski definition) is 2. The van der Waals surface area contributed by atoms with E-state index in [4.69, 9.17) is 5.11 Å². The zero-order valence-electron chi connectivity index (χ0n) is 13.6. The molecule has 0 amide bonds. The lowest BCUT2D eigenvalue weighted by molar-refractivity contribution is -0.140. The second kappa shape index (κ2) is 6.62. The average molecular weight is 398 g/mol. The number of anilines is 1. The van der Waals surface area contributed by atoms with E-state index in [0.29, 0.717) is 17.0 Å². The molecule has 3 rings (SSSR count). The zero-order chi connectivity index (χ0) is 19.8. The smallest absolute Gasteiger partial charge is 0.417 e. The van der Waals surface area contributed by atoms with E-state index in [1.807, 2.05) is 0 Å². The van der Waals surface area contributed by atoms with Gasteiger partial charge >= 0.3 is 12.1 Å². The number of alkyl halides is 3. The summed E-state index contributed by atoms with van der Waals surface area (Å²) in [6.45, 7) is -0.337. The number of carboxylic acids is 1. The second-order valence-electron chi connectivity index (χ2n) is 5.71. The van der Waals surface area contributed by atoms with Gasteiger partial charge in [-0.15, -0.1) is 0 Å². The van der Waals surface area contributed by atoms with E-state index in [-0.39, 0.29) is 12.2 Å². The summed E-state index contributed by atoms with van der Waals surface area (Å²) in [7, 11) is -4.51. The standard InChI is InChI=1S/C17H13F3N2O4S/c18-17(19,20)13-3-1-2-4-15(13)27(25,26)21-12-6-5-11-7-8-22(10-16(23)24)14(11)9-12/h1-9,21H,10H2,(H,23,24). The summed E-state index contributed by atoms with van der Waals surface area (Å²) in [4.78, 5) is 10.0. The summed E-state index contributed by atoms with van der Waals surface area (Å²) >= 11 is 0. The van der Waals surface area contributed by atoms with Crippen molar-refractivity contribution >= 4 is 32.6 Å². The van der Waals surface area contributed by atoms with Gasteiger partial charge in [0, 0.05) is 6.20 Å². The van der Waals surface area contributed by atoms with Crippen LogP contribution in [0.4, 0.5) is 18.9 Å². The Morgan fingerprint density at radius 2 is 1.81 bits per heavy atom. The van der Waals surface area contributed by atoms with E-state index in [2.05, 4.69) is 4.72 Å². The lowest BCUT2D eigenvalue weighted by atomic mass is 10.2. The molecule has 0 radical (unpaired) electrons. The van der Waals surface area contributed by atoms with Crippen LogP contribution in [0, 0.1) is 0 Å². The molecule has 0 spiro atoms. The summed E-state index contributed by atoms with van der Waals surface area (Å²) in [6, 6.07) is 9.81. The molecule has 1 aromatic heterocycles. The number of nitrogens with one attached hydrogen (secondary N) is 1. The third-order valence-electron chi connectivity index (χ3n) is 3.81. The molecule has 0 aliphatic heterocycles. The Morgan fingerprint density at radius 1 is 1.11 bits per heavy atom. The van der Waals surface area contributed by atoms with Gasteiger partial charge < -0.3 is 9.67 Å². The van der Waals surface area contributed by atoms with E-state index in [9.17, 15) is 26.4 Å². The average Bonchev–Trinajstić information content (AvgIpc) is 2.95. The van der Waals surface area contributed by atoms with Crippen molar-refractivity contribution in [1.29, 1.82) is 0 Å². The molecule has 1 heterocycles. The van der Waals surface area contributed by atoms with Gasteiger partial charge in [0.15, 0.2) is 0 Å².